The van der Waals surface area contributed by atoms with Crippen molar-refractivity contribution in [1.82, 2.24) is 9.97 Å². The molecule has 5 heteroatoms. The topological polar surface area (TPSA) is 47.0 Å². The summed E-state index contributed by atoms with van der Waals surface area (Å²) in [6.45, 7) is 8.01. The van der Waals surface area contributed by atoms with E-state index in [2.05, 4.69) is 42.1 Å². The molecule has 0 fully saturated rings. The summed E-state index contributed by atoms with van der Waals surface area (Å²) in [7, 11) is 0. The smallest absolute Gasteiger partial charge is 0.227 e. The van der Waals surface area contributed by atoms with Gasteiger partial charge in [0.05, 0.1) is 12.0 Å². The number of nitrogens with one attached hydrogen (secondary N) is 1. The number of hydrogen-bond acceptors (Lipinski definition) is 5. The second kappa shape index (κ2) is 7.43. The van der Waals surface area contributed by atoms with E-state index in [1.165, 1.54) is 17.7 Å². The largest absolute Gasteiger partial charge is 0.477 e. The van der Waals surface area contributed by atoms with Crippen LogP contribution in [0.4, 0.5) is 5.95 Å². The quantitative estimate of drug-likeness (QED) is 0.733. The van der Waals surface area contributed by atoms with Crippen LogP contribution in [0.3, 0.4) is 0 Å². The van der Waals surface area contributed by atoms with Crippen molar-refractivity contribution in [2.75, 3.05) is 18.5 Å². The molecule has 0 aliphatic carbocycles. The molecule has 0 spiro atoms. The summed E-state index contributed by atoms with van der Waals surface area (Å²) in [6, 6.07) is 2.11. The number of hydrogen-bond donors (Lipinski definition) is 1. The van der Waals surface area contributed by atoms with Crippen LogP contribution in [0.5, 0.6) is 5.88 Å². The molecule has 2 heterocycles. The van der Waals surface area contributed by atoms with Gasteiger partial charge in [-0.2, -0.15) is 4.98 Å². The van der Waals surface area contributed by atoms with Gasteiger partial charge in [-0.25, -0.2) is 4.98 Å². The average Bonchev–Trinajstić information content (AvgIpc) is 2.81. The molecule has 1 N–H and O–H groups in total. The number of nitrogens with zero attached hydrogens (tertiary/aromatic N) is 2. The van der Waals surface area contributed by atoms with Crippen molar-refractivity contribution < 1.29 is 4.74 Å². The lowest BCUT2D eigenvalue weighted by atomic mass is 10.3. The number of unbranched alkanes of at least 4 members (excludes halogenated alkanes) is 2. The molecular weight excluding hydrogens is 270 g/mol. The van der Waals surface area contributed by atoms with Crippen molar-refractivity contribution in [1.29, 1.82) is 0 Å². The summed E-state index contributed by atoms with van der Waals surface area (Å²) < 4.78 is 5.87. The minimum atomic E-state index is 0.673. The Hall–Kier alpha value is -1.36. The number of fused-ring (bicyclic) bond motifs is 1. The van der Waals surface area contributed by atoms with E-state index < -0.39 is 0 Å². The Bertz CT molecular complexity index is 553. The fourth-order valence-corrected chi connectivity index (χ4v) is 2.83. The van der Waals surface area contributed by atoms with E-state index in [4.69, 9.17) is 4.74 Å². The fraction of sp³-hybridized carbons (Fsp3) is 0.600. The summed E-state index contributed by atoms with van der Waals surface area (Å²) in [5.74, 6) is 1.39. The number of rotatable bonds is 8. The van der Waals surface area contributed by atoms with Crippen LogP contribution < -0.4 is 10.1 Å². The van der Waals surface area contributed by atoms with Crippen LogP contribution in [0.1, 0.15) is 44.4 Å². The molecule has 0 aliphatic rings. The van der Waals surface area contributed by atoms with Crippen molar-refractivity contribution in [3.05, 3.63) is 10.9 Å². The number of aromatic nitrogens is 2. The molecule has 0 saturated heterocycles. The number of anilines is 1. The maximum Gasteiger partial charge on any atom is 0.227 e. The number of aryl methyl sites for hydroxylation is 1. The van der Waals surface area contributed by atoms with E-state index in [9.17, 15) is 0 Å². The molecule has 0 amide bonds. The van der Waals surface area contributed by atoms with Gasteiger partial charge in [-0.3, -0.25) is 0 Å². The maximum atomic E-state index is 5.87. The van der Waals surface area contributed by atoms with Crippen molar-refractivity contribution in [2.45, 2.75) is 46.5 Å². The molecule has 4 nitrogen and oxygen atoms in total. The maximum absolute atomic E-state index is 5.87. The van der Waals surface area contributed by atoms with Crippen molar-refractivity contribution >= 4 is 27.5 Å². The first-order valence-corrected chi connectivity index (χ1v) is 8.21. The van der Waals surface area contributed by atoms with Crippen LogP contribution >= 0.6 is 11.3 Å². The Morgan fingerprint density at radius 2 is 2.05 bits per heavy atom. The molecule has 0 saturated carbocycles. The average molecular weight is 293 g/mol. The lowest BCUT2D eigenvalue weighted by molar-refractivity contribution is 0.299. The first-order valence-electron chi connectivity index (χ1n) is 7.39. The van der Waals surface area contributed by atoms with Gasteiger partial charge in [-0.1, -0.05) is 26.7 Å². The Morgan fingerprint density at radius 1 is 1.20 bits per heavy atom. The monoisotopic (exact) mass is 293 g/mol. The predicted octanol–water partition coefficient (Wildman–Crippen LogP) is 4.39. The third kappa shape index (κ3) is 3.82. The van der Waals surface area contributed by atoms with Crippen LogP contribution in [0.15, 0.2) is 6.07 Å². The van der Waals surface area contributed by atoms with E-state index in [-0.39, 0.29) is 0 Å². The van der Waals surface area contributed by atoms with Crippen LogP contribution in [0.25, 0.3) is 10.2 Å². The molecule has 20 heavy (non-hydrogen) atoms. The van der Waals surface area contributed by atoms with Gasteiger partial charge in [0.1, 0.15) is 4.83 Å². The molecule has 0 bridgehead atoms. The SMILES string of the molecule is CCCCCOc1nc(NCCC)nc2sc(C)cc12. The summed E-state index contributed by atoms with van der Waals surface area (Å²) in [5.41, 5.74) is 0. The van der Waals surface area contributed by atoms with Crippen LogP contribution in [0.2, 0.25) is 0 Å². The molecule has 0 aliphatic heterocycles. The summed E-state index contributed by atoms with van der Waals surface area (Å²) >= 11 is 1.69. The van der Waals surface area contributed by atoms with Gasteiger partial charge >= 0.3 is 0 Å². The van der Waals surface area contributed by atoms with E-state index >= 15 is 0 Å². The third-order valence-corrected chi connectivity index (χ3v) is 3.95. The molecular formula is C15H23N3OS. The molecule has 110 valence electrons. The summed E-state index contributed by atoms with van der Waals surface area (Å²) in [5, 5.41) is 4.28. The minimum absolute atomic E-state index is 0.673. The highest BCUT2D eigenvalue weighted by molar-refractivity contribution is 7.18. The highest BCUT2D eigenvalue weighted by Crippen LogP contribution is 2.31. The first kappa shape index (κ1) is 15.0. The second-order valence-corrected chi connectivity index (χ2v) is 6.15. The van der Waals surface area contributed by atoms with Gasteiger partial charge in [0.25, 0.3) is 0 Å². The van der Waals surface area contributed by atoms with Gasteiger partial charge in [0.15, 0.2) is 0 Å². The minimum Gasteiger partial charge on any atom is -0.477 e. The molecule has 0 unspecified atom stereocenters. The normalized spacial score (nSPS) is 10.9. The lowest BCUT2D eigenvalue weighted by Crippen LogP contribution is -2.06. The van der Waals surface area contributed by atoms with Gasteiger partial charge in [0, 0.05) is 11.4 Å². The van der Waals surface area contributed by atoms with Crippen LogP contribution in [0, 0.1) is 6.92 Å². The zero-order chi connectivity index (χ0) is 14.4. The Morgan fingerprint density at radius 3 is 2.80 bits per heavy atom. The Balaban J connectivity index is 2.19. The molecule has 0 radical (unpaired) electrons. The third-order valence-electron chi connectivity index (χ3n) is 3.00. The fourth-order valence-electron chi connectivity index (χ4n) is 1.96. The standard InChI is InChI=1S/C15H23N3OS/c1-4-6-7-9-19-13-12-10-11(3)20-14(12)18-15(17-13)16-8-5-2/h10H,4-9H2,1-3H3,(H,16,17,18). The molecule has 2 aromatic rings. The molecule has 0 atom stereocenters. The van der Waals surface area contributed by atoms with Crippen LogP contribution in [-0.2, 0) is 0 Å². The molecule has 0 aromatic carbocycles. The van der Waals surface area contributed by atoms with Gasteiger partial charge in [0.2, 0.25) is 11.8 Å². The van der Waals surface area contributed by atoms with E-state index in [1.807, 2.05) is 0 Å². The van der Waals surface area contributed by atoms with Crippen molar-refractivity contribution in [2.24, 2.45) is 0 Å². The lowest BCUT2D eigenvalue weighted by Gasteiger charge is -2.08. The van der Waals surface area contributed by atoms with Crippen molar-refractivity contribution in [3.8, 4) is 5.88 Å². The summed E-state index contributed by atoms with van der Waals surface area (Å²) in [4.78, 5) is 11.3. The first-order chi connectivity index (χ1) is 9.74. The van der Waals surface area contributed by atoms with Gasteiger partial charge in [-0.15, -0.1) is 11.3 Å². The zero-order valence-corrected chi connectivity index (χ0v) is 13.3. The Labute approximate surface area is 124 Å². The highest BCUT2D eigenvalue weighted by Gasteiger charge is 2.11. The molecule has 2 aromatic heterocycles. The highest BCUT2D eigenvalue weighted by atomic mass is 32.1. The summed E-state index contributed by atoms with van der Waals surface area (Å²) in [6.07, 6.45) is 4.52. The van der Waals surface area contributed by atoms with Crippen molar-refractivity contribution in [3.63, 3.8) is 0 Å². The van der Waals surface area contributed by atoms with E-state index in [1.54, 1.807) is 11.3 Å². The van der Waals surface area contributed by atoms with Gasteiger partial charge in [-0.05, 0) is 25.8 Å². The zero-order valence-electron chi connectivity index (χ0n) is 12.5. The second-order valence-electron chi connectivity index (χ2n) is 4.91. The number of ether oxygens (including phenoxy) is 1. The number of thiophene rings is 1. The van der Waals surface area contributed by atoms with Gasteiger partial charge < -0.3 is 10.1 Å². The predicted molar refractivity (Wildman–Crippen MR) is 86.0 cm³/mol. The van der Waals surface area contributed by atoms with E-state index in [0.717, 1.165) is 36.2 Å². The molecule has 2 rings (SSSR count). The Kier molecular flexibility index (Phi) is 5.59. The van der Waals surface area contributed by atoms with E-state index in [0.29, 0.717) is 11.8 Å². The van der Waals surface area contributed by atoms with Crippen LogP contribution in [-0.4, -0.2) is 23.1 Å².